The standard InChI is InChI=1S/C27H29N3O4/c1-15-22(26(33)30(28-15)16-10-12-17(34-5)13-11-16)23-24(31)18(25(23)32)14-21-27(2,3)19-8-6-7-9-20(19)29(21)4/h6-14,18,23-25,28H,1-5H3/q-2/b21-14+. The number of fused-ring (bicyclic) bond motifs is 1. The summed E-state index contributed by atoms with van der Waals surface area (Å²) in [6, 6.07) is 15.2. The van der Waals surface area contributed by atoms with Gasteiger partial charge in [0.05, 0.1) is 12.8 Å². The quantitative estimate of drug-likeness (QED) is 0.644. The summed E-state index contributed by atoms with van der Waals surface area (Å²) < 4.78 is 6.57. The van der Waals surface area contributed by atoms with Crippen LogP contribution in [-0.2, 0) is 5.41 Å². The number of hydrogen-bond donors (Lipinski definition) is 1. The summed E-state index contributed by atoms with van der Waals surface area (Å²) >= 11 is 0. The van der Waals surface area contributed by atoms with Crippen molar-refractivity contribution in [1.29, 1.82) is 0 Å². The van der Waals surface area contributed by atoms with E-state index in [0.29, 0.717) is 22.7 Å². The Balaban J connectivity index is 1.45. The number of benzene rings is 2. The molecule has 5 rings (SSSR count). The molecule has 7 nitrogen and oxygen atoms in total. The number of aryl methyl sites for hydroxylation is 1. The minimum atomic E-state index is -1.17. The predicted octanol–water partition coefficient (Wildman–Crippen LogP) is 1.97. The second kappa shape index (κ2) is 7.89. The summed E-state index contributed by atoms with van der Waals surface area (Å²) in [6.45, 7) is 5.97. The Labute approximate surface area is 198 Å². The van der Waals surface area contributed by atoms with E-state index in [1.165, 1.54) is 10.2 Å². The first kappa shape index (κ1) is 22.5. The van der Waals surface area contributed by atoms with Gasteiger partial charge in [0.25, 0.3) is 5.56 Å². The summed E-state index contributed by atoms with van der Waals surface area (Å²) in [5, 5.41) is 29.7. The van der Waals surface area contributed by atoms with Gasteiger partial charge in [-0.3, -0.25) is 9.89 Å². The number of allylic oxidation sites excluding steroid dienone is 1. The molecule has 0 radical (unpaired) electrons. The third kappa shape index (κ3) is 3.15. The number of nitrogens with one attached hydrogen (secondary N) is 1. The van der Waals surface area contributed by atoms with Gasteiger partial charge in [-0.05, 0) is 54.7 Å². The SMILES string of the molecule is COc1ccc(-n2[nH]c(C)c(C3C([O-])C(/C=C4/N(C)c5ccccc5C4(C)C)C3[O-])c2=O)cc1. The van der Waals surface area contributed by atoms with Gasteiger partial charge in [0.2, 0.25) is 0 Å². The molecule has 1 fully saturated rings. The number of rotatable bonds is 4. The first-order valence-electron chi connectivity index (χ1n) is 11.5. The summed E-state index contributed by atoms with van der Waals surface area (Å²) in [5.74, 6) is -0.877. The number of anilines is 1. The number of aromatic amines is 1. The van der Waals surface area contributed by atoms with Crippen molar-refractivity contribution in [3.8, 4) is 11.4 Å². The topological polar surface area (TPSA) is 96.4 Å². The van der Waals surface area contributed by atoms with Gasteiger partial charge < -0.3 is 19.8 Å². The number of hydrogen-bond acceptors (Lipinski definition) is 5. The highest BCUT2D eigenvalue weighted by Crippen LogP contribution is 2.49. The van der Waals surface area contributed by atoms with Gasteiger partial charge in [0.1, 0.15) is 5.75 Å². The first-order chi connectivity index (χ1) is 16.2. The monoisotopic (exact) mass is 459 g/mol. The van der Waals surface area contributed by atoms with Gasteiger partial charge in [0, 0.05) is 35.1 Å². The van der Waals surface area contributed by atoms with Crippen LogP contribution in [0.15, 0.2) is 65.1 Å². The fraction of sp³-hybridized carbons (Fsp3) is 0.370. The molecule has 7 heteroatoms. The fourth-order valence-electron chi connectivity index (χ4n) is 5.57. The Bertz CT molecular complexity index is 1310. The summed E-state index contributed by atoms with van der Waals surface area (Å²) in [5.41, 5.74) is 4.05. The third-order valence-electron chi connectivity index (χ3n) is 7.54. The third-order valence-corrected chi connectivity index (χ3v) is 7.54. The Hall–Kier alpha value is -3.29. The van der Waals surface area contributed by atoms with Gasteiger partial charge in [-0.2, -0.15) is 0 Å². The lowest BCUT2D eigenvalue weighted by molar-refractivity contribution is -0.543. The normalized spacial score (nSPS) is 26.4. The maximum atomic E-state index is 13.3. The highest BCUT2D eigenvalue weighted by molar-refractivity contribution is 5.69. The summed E-state index contributed by atoms with van der Waals surface area (Å²) in [6.07, 6.45) is -0.487. The van der Waals surface area contributed by atoms with Crippen LogP contribution in [0, 0.1) is 12.8 Å². The molecule has 1 N–H and O–H groups in total. The minimum absolute atomic E-state index is 0.299. The Morgan fingerprint density at radius 1 is 1.06 bits per heavy atom. The van der Waals surface area contributed by atoms with E-state index in [2.05, 4.69) is 36.0 Å². The lowest BCUT2D eigenvalue weighted by Crippen LogP contribution is -2.65. The van der Waals surface area contributed by atoms with Crippen LogP contribution in [0.3, 0.4) is 0 Å². The zero-order valence-electron chi connectivity index (χ0n) is 20.0. The molecule has 34 heavy (non-hydrogen) atoms. The molecule has 178 valence electrons. The molecule has 3 aromatic rings. The Morgan fingerprint density at radius 2 is 1.71 bits per heavy atom. The molecular weight excluding hydrogens is 430 g/mol. The van der Waals surface area contributed by atoms with E-state index in [0.717, 1.165) is 11.4 Å². The largest absolute Gasteiger partial charge is 0.851 e. The molecule has 2 aliphatic rings. The lowest BCUT2D eigenvalue weighted by Gasteiger charge is -2.60. The average molecular weight is 460 g/mol. The van der Waals surface area contributed by atoms with E-state index in [4.69, 9.17) is 4.74 Å². The van der Waals surface area contributed by atoms with Crippen LogP contribution in [0.2, 0.25) is 0 Å². The fourth-order valence-corrected chi connectivity index (χ4v) is 5.57. The molecule has 0 bridgehead atoms. The number of aromatic nitrogens is 2. The number of para-hydroxylation sites is 1. The first-order valence-corrected chi connectivity index (χ1v) is 11.5. The van der Waals surface area contributed by atoms with Crippen LogP contribution in [-0.4, -0.2) is 36.1 Å². The molecule has 2 aromatic carbocycles. The highest BCUT2D eigenvalue weighted by Gasteiger charge is 2.43. The molecule has 0 spiro atoms. The number of likely N-dealkylation sites (N-methyl/N-ethyl adjacent to an activating group) is 1. The van der Waals surface area contributed by atoms with E-state index in [1.54, 1.807) is 38.3 Å². The number of methoxy groups -OCH3 is 1. The Kier molecular flexibility index (Phi) is 5.22. The zero-order chi connectivity index (χ0) is 24.4. The van der Waals surface area contributed by atoms with Crippen molar-refractivity contribution in [2.24, 2.45) is 5.92 Å². The second-order valence-corrected chi connectivity index (χ2v) is 9.77. The van der Waals surface area contributed by atoms with E-state index < -0.39 is 24.0 Å². The van der Waals surface area contributed by atoms with Crippen LogP contribution in [0.4, 0.5) is 5.69 Å². The van der Waals surface area contributed by atoms with Crippen molar-refractivity contribution in [2.75, 3.05) is 19.1 Å². The molecule has 1 aliphatic carbocycles. The number of ether oxygens (including phenoxy) is 1. The van der Waals surface area contributed by atoms with Gasteiger partial charge >= 0.3 is 0 Å². The predicted molar refractivity (Wildman–Crippen MR) is 127 cm³/mol. The van der Waals surface area contributed by atoms with E-state index in [-0.39, 0.29) is 11.0 Å². The molecular formula is C27H29N3O4-2. The highest BCUT2D eigenvalue weighted by atomic mass is 16.5. The van der Waals surface area contributed by atoms with E-state index in [1.807, 2.05) is 25.3 Å². The molecule has 1 aromatic heterocycles. The summed E-state index contributed by atoms with van der Waals surface area (Å²) in [4.78, 5) is 15.3. The number of nitrogens with zero attached hydrogens (tertiary/aromatic N) is 2. The van der Waals surface area contributed by atoms with Crippen LogP contribution in [0.25, 0.3) is 5.69 Å². The van der Waals surface area contributed by atoms with Crippen molar-refractivity contribution in [3.05, 3.63) is 87.5 Å². The second-order valence-electron chi connectivity index (χ2n) is 9.77. The van der Waals surface area contributed by atoms with E-state index in [9.17, 15) is 15.0 Å². The maximum Gasteiger partial charge on any atom is 0.274 e. The van der Waals surface area contributed by atoms with Crippen LogP contribution in [0.1, 0.15) is 36.6 Å². The smallest absolute Gasteiger partial charge is 0.274 e. The molecule has 1 aliphatic heterocycles. The van der Waals surface area contributed by atoms with Crippen molar-refractivity contribution >= 4 is 5.69 Å². The average Bonchev–Trinajstić information content (AvgIpc) is 3.22. The Morgan fingerprint density at radius 3 is 2.32 bits per heavy atom. The van der Waals surface area contributed by atoms with Crippen LogP contribution >= 0.6 is 0 Å². The molecule has 0 saturated heterocycles. The molecule has 1 saturated carbocycles. The molecule has 2 atom stereocenters. The molecule has 2 unspecified atom stereocenters. The van der Waals surface area contributed by atoms with Crippen molar-refractivity contribution in [3.63, 3.8) is 0 Å². The molecule has 2 heterocycles. The van der Waals surface area contributed by atoms with Crippen molar-refractivity contribution < 1.29 is 14.9 Å². The van der Waals surface area contributed by atoms with Crippen LogP contribution < -0.4 is 25.4 Å². The molecule has 0 amide bonds. The van der Waals surface area contributed by atoms with Gasteiger partial charge in [-0.1, -0.05) is 38.1 Å². The van der Waals surface area contributed by atoms with Gasteiger partial charge in [-0.15, -0.1) is 12.2 Å². The van der Waals surface area contributed by atoms with Crippen LogP contribution in [0.5, 0.6) is 5.75 Å². The lowest BCUT2D eigenvalue weighted by atomic mass is 9.65. The van der Waals surface area contributed by atoms with E-state index >= 15 is 0 Å². The van der Waals surface area contributed by atoms with Crippen molar-refractivity contribution in [1.82, 2.24) is 9.78 Å². The minimum Gasteiger partial charge on any atom is -0.851 e. The van der Waals surface area contributed by atoms with Crippen molar-refractivity contribution in [2.45, 2.75) is 44.3 Å². The number of H-pyrrole nitrogens is 1. The zero-order valence-corrected chi connectivity index (χ0v) is 20.0. The van der Waals surface area contributed by atoms with Gasteiger partial charge in [0.15, 0.2) is 0 Å². The van der Waals surface area contributed by atoms with Gasteiger partial charge in [-0.25, -0.2) is 4.68 Å². The summed E-state index contributed by atoms with van der Waals surface area (Å²) in [7, 11) is 3.55. The maximum absolute atomic E-state index is 13.3.